The molecule has 1 fully saturated rings. The number of nitrogens with zero attached hydrogens (tertiary/aromatic N) is 1. The fourth-order valence-electron chi connectivity index (χ4n) is 2.54. The van der Waals surface area contributed by atoms with Gasteiger partial charge in [-0.15, -0.1) is 0 Å². The first-order valence-electron chi connectivity index (χ1n) is 6.41. The van der Waals surface area contributed by atoms with Crippen LogP contribution in [0.2, 0.25) is 0 Å². The van der Waals surface area contributed by atoms with Crippen molar-refractivity contribution in [3.05, 3.63) is 35.9 Å². The molecule has 2 rings (SSSR count). The predicted molar refractivity (Wildman–Crippen MR) is 67.3 cm³/mol. The van der Waals surface area contributed by atoms with Crippen LogP contribution in [0.25, 0.3) is 0 Å². The molecule has 0 spiro atoms. The molecular formula is C14H16F3NO2. The SMILES string of the molecule is O=C(O)C1(C(F)(F)F)CCN(CCc2ccccc2)C1. The zero-order valence-corrected chi connectivity index (χ0v) is 10.9. The van der Waals surface area contributed by atoms with Gasteiger partial charge in [0.25, 0.3) is 0 Å². The Balaban J connectivity index is 1.99. The number of carbonyl (C=O) groups is 1. The second-order valence-electron chi connectivity index (χ2n) is 5.15. The number of aliphatic carboxylic acids is 1. The Morgan fingerprint density at radius 2 is 1.95 bits per heavy atom. The van der Waals surface area contributed by atoms with Crippen LogP contribution < -0.4 is 0 Å². The molecule has 1 heterocycles. The van der Waals surface area contributed by atoms with E-state index in [1.165, 1.54) is 0 Å². The maximum Gasteiger partial charge on any atom is 0.406 e. The summed E-state index contributed by atoms with van der Waals surface area (Å²) in [5.74, 6) is -1.77. The maximum atomic E-state index is 13.0. The number of hydrogen-bond acceptors (Lipinski definition) is 2. The van der Waals surface area contributed by atoms with Crippen molar-refractivity contribution in [2.24, 2.45) is 5.41 Å². The minimum absolute atomic E-state index is 0.165. The van der Waals surface area contributed by atoms with E-state index in [2.05, 4.69) is 0 Å². The molecule has 6 heteroatoms. The van der Waals surface area contributed by atoms with Crippen molar-refractivity contribution in [2.45, 2.75) is 19.0 Å². The van der Waals surface area contributed by atoms with Gasteiger partial charge in [-0.05, 0) is 24.9 Å². The fourth-order valence-corrected chi connectivity index (χ4v) is 2.54. The highest BCUT2D eigenvalue weighted by molar-refractivity contribution is 5.76. The van der Waals surface area contributed by atoms with Crippen molar-refractivity contribution < 1.29 is 23.1 Å². The molecular weight excluding hydrogens is 271 g/mol. The number of rotatable bonds is 4. The van der Waals surface area contributed by atoms with Gasteiger partial charge in [0.1, 0.15) is 0 Å². The summed E-state index contributed by atoms with van der Waals surface area (Å²) in [5, 5.41) is 8.96. The largest absolute Gasteiger partial charge is 0.481 e. The van der Waals surface area contributed by atoms with Crippen molar-refractivity contribution >= 4 is 5.97 Å². The van der Waals surface area contributed by atoms with Crippen molar-refractivity contribution in [1.82, 2.24) is 4.90 Å². The molecule has 0 bridgehead atoms. The third-order valence-electron chi connectivity index (χ3n) is 3.86. The third kappa shape index (κ3) is 2.80. The number of hydrogen-bond donors (Lipinski definition) is 1. The average Bonchev–Trinajstić information content (AvgIpc) is 2.83. The minimum Gasteiger partial charge on any atom is -0.481 e. The number of benzene rings is 1. The molecule has 1 aliphatic rings. The molecule has 1 unspecified atom stereocenters. The standard InChI is InChI=1S/C14H16F3NO2/c15-14(16,17)13(12(19)20)7-9-18(10-13)8-6-11-4-2-1-3-5-11/h1-5H,6-10H2,(H,19,20). The average molecular weight is 287 g/mol. The summed E-state index contributed by atoms with van der Waals surface area (Å²) in [6.45, 7) is 0.145. The highest BCUT2D eigenvalue weighted by atomic mass is 19.4. The van der Waals surface area contributed by atoms with Crippen molar-refractivity contribution in [3.63, 3.8) is 0 Å². The van der Waals surface area contributed by atoms with Gasteiger partial charge in [-0.1, -0.05) is 30.3 Å². The van der Waals surface area contributed by atoms with Gasteiger partial charge in [0, 0.05) is 13.1 Å². The fraction of sp³-hybridized carbons (Fsp3) is 0.500. The van der Waals surface area contributed by atoms with Gasteiger partial charge < -0.3 is 10.0 Å². The van der Waals surface area contributed by atoms with Gasteiger partial charge in [0.2, 0.25) is 0 Å². The lowest BCUT2D eigenvalue weighted by molar-refractivity contribution is -0.227. The van der Waals surface area contributed by atoms with Crippen LogP contribution in [-0.2, 0) is 11.2 Å². The maximum absolute atomic E-state index is 13.0. The Morgan fingerprint density at radius 3 is 2.45 bits per heavy atom. The normalized spacial score (nSPS) is 23.9. The molecule has 1 atom stereocenters. The molecule has 110 valence electrons. The van der Waals surface area contributed by atoms with Gasteiger partial charge in [0.05, 0.1) is 0 Å². The molecule has 1 aliphatic heterocycles. The van der Waals surface area contributed by atoms with E-state index in [0.717, 1.165) is 5.56 Å². The van der Waals surface area contributed by atoms with Crippen LogP contribution >= 0.6 is 0 Å². The predicted octanol–water partition coefficient (Wildman–Crippen LogP) is 2.57. The third-order valence-corrected chi connectivity index (χ3v) is 3.86. The van der Waals surface area contributed by atoms with Crippen LogP contribution in [0.4, 0.5) is 13.2 Å². The molecule has 0 amide bonds. The lowest BCUT2D eigenvalue weighted by atomic mass is 9.86. The van der Waals surface area contributed by atoms with Gasteiger partial charge in [0.15, 0.2) is 5.41 Å². The lowest BCUT2D eigenvalue weighted by Gasteiger charge is -2.27. The Hall–Kier alpha value is -1.56. The first-order valence-corrected chi connectivity index (χ1v) is 6.41. The highest BCUT2D eigenvalue weighted by Crippen LogP contribution is 2.45. The Bertz CT molecular complexity index is 475. The summed E-state index contributed by atoms with van der Waals surface area (Å²) in [6, 6.07) is 9.43. The number of carboxylic acids is 1. The molecule has 3 nitrogen and oxygen atoms in total. The smallest absolute Gasteiger partial charge is 0.406 e. The Kier molecular flexibility index (Phi) is 4.04. The van der Waals surface area contributed by atoms with E-state index in [9.17, 15) is 18.0 Å². The van der Waals surface area contributed by atoms with E-state index in [1.54, 1.807) is 4.90 Å². The molecule has 0 radical (unpaired) electrons. The molecule has 1 aromatic carbocycles. The second kappa shape index (κ2) is 5.44. The number of halogens is 3. The molecule has 1 aromatic rings. The van der Waals surface area contributed by atoms with E-state index < -0.39 is 24.1 Å². The highest BCUT2D eigenvalue weighted by Gasteiger charge is 2.63. The first-order chi connectivity index (χ1) is 9.35. The van der Waals surface area contributed by atoms with Crippen LogP contribution in [0, 0.1) is 5.41 Å². The van der Waals surface area contributed by atoms with E-state index in [4.69, 9.17) is 5.11 Å². The van der Waals surface area contributed by atoms with Crippen molar-refractivity contribution in [3.8, 4) is 0 Å². The monoisotopic (exact) mass is 287 g/mol. The molecule has 1 N–H and O–H groups in total. The van der Waals surface area contributed by atoms with E-state index in [0.29, 0.717) is 13.0 Å². The van der Waals surface area contributed by atoms with Crippen LogP contribution in [0.15, 0.2) is 30.3 Å². The number of carboxylic acid groups (broad SMARTS) is 1. The van der Waals surface area contributed by atoms with Gasteiger partial charge >= 0.3 is 12.1 Å². The molecule has 1 saturated heterocycles. The molecule has 0 saturated carbocycles. The Morgan fingerprint density at radius 1 is 1.30 bits per heavy atom. The van der Waals surface area contributed by atoms with Crippen LogP contribution in [-0.4, -0.2) is 41.8 Å². The summed E-state index contributed by atoms with van der Waals surface area (Å²) in [4.78, 5) is 12.6. The Labute approximate surface area is 115 Å². The molecule has 20 heavy (non-hydrogen) atoms. The minimum atomic E-state index is -4.71. The first kappa shape index (κ1) is 14.8. The van der Waals surface area contributed by atoms with E-state index >= 15 is 0 Å². The van der Waals surface area contributed by atoms with Crippen LogP contribution in [0.3, 0.4) is 0 Å². The van der Waals surface area contributed by atoms with Crippen molar-refractivity contribution in [2.75, 3.05) is 19.6 Å². The zero-order chi connectivity index (χ0) is 14.8. The molecule has 0 aromatic heterocycles. The quantitative estimate of drug-likeness (QED) is 0.925. The summed E-state index contributed by atoms with van der Waals surface area (Å²) in [6.07, 6.45) is -4.46. The summed E-state index contributed by atoms with van der Waals surface area (Å²) >= 11 is 0. The number of alkyl halides is 3. The topological polar surface area (TPSA) is 40.5 Å². The second-order valence-corrected chi connectivity index (χ2v) is 5.15. The van der Waals surface area contributed by atoms with Gasteiger partial charge in [-0.3, -0.25) is 4.79 Å². The zero-order valence-electron chi connectivity index (χ0n) is 10.9. The summed E-state index contributed by atoms with van der Waals surface area (Å²) in [7, 11) is 0. The summed E-state index contributed by atoms with van der Waals surface area (Å²) < 4.78 is 39.0. The van der Waals surface area contributed by atoms with Gasteiger partial charge in [-0.25, -0.2) is 0 Å². The van der Waals surface area contributed by atoms with E-state index in [-0.39, 0.29) is 13.0 Å². The van der Waals surface area contributed by atoms with E-state index in [1.807, 2.05) is 30.3 Å². The molecule has 0 aliphatic carbocycles. The van der Waals surface area contributed by atoms with Crippen LogP contribution in [0.5, 0.6) is 0 Å². The summed E-state index contributed by atoms with van der Waals surface area (Å²) in [5.41, 5.74) is -1.57. The van der Waals surface area contributed by atoms with Gasteiger partial charge in [-0.2, -0.15) is 13.2 Å². The van der Waals surface area contributed by atoms with Crippen molar-refractivity contribution in [1.29, 1.82) is 0 Å². The number of likely N-dealkylation sites (tertiary alicyclic amines) is 1. The lowest BCUT2D eigenvalue weighted by Crippen LogP contribution is -2.47. The van der Waals surface area contributed by atoms with Crippen LogP contribution in [0.1, 0.15) is 12.0 Å².